The molecule has 1 fully saturated rings. The van der Waals surface area contributed by atoms with Gasteiger partial charge in [0.05, 0.1) is 12.7 Å². The van der Waals surface area contributed by atoms with Crippen molar-refractivity contribution in [1.82, 2.24) is 9.55 Å². The van der Waals surface area contributed by atoms with Gasteiger partial charge in [-0.3, -0.25) is 14.3 Å². The maximum atomic E-state index is 11.6. The molecule has 0 radical (unpaired) electrons. The molecule has 7 heteroatoms. The lowest BCUT2D eigenvalue weighted by molar-refractivity contribution is -0.0633. The molecule has 106 valence electrons. The molecule has 0 aliphatic carbocycles. The van der Waals surface area contributed by atoms with Crippen molar-refractivity contribution in [3.05, 3.63) is 33.1 Å². The Morgan fingerprint density at radius 2 is 2.37 bits per heavy atom. The van der Waals surface area contributed by atoms with Crippen LogP contribution in [0.15, 0.2) is 21.9 Å². The number of rotatable bonds is 5. The SMILES string of the molecule is CCCOC[C@H]1O[C@@H](n2ccc(=O)[nH]c2=O)C[C@@H]1O. The van der Waals surface area contributed by atoms with E-state index in [1.807, 2.05) is 6.92 Å². The van der Waals surface area contributed by atoms with Crippen LogP contribution in [-0.4, -0.2) is 40.1 Å². The molecule has 1 aliphatic heterocycles. The Kier molecular flexibility index (Phi) is 4.52. The van der Waals surface area contributed by atoms with Gasteiger partial charge in [0.1, 0.15) is 12.3 Å². The Hall–Kier alpha value is -1.44. The van der Waals surface area contributed by atoms with Gasteiger partial charge in [0.15, 0.2) is 0 Å². The van der Waals surface area contributed by atoms with E-state index in [-0.39, 0.29) is 0 Å². The maximum absolute atomic E-state index is 11.6. The Morgan fingerprint density at radius 3 is 3.05 bits per heavy atom. The van der Waals surface area contributed by atoms with Gasteiger partial charge in [0.25, 0.3) is 5.56 Å². The third-order valence-electron chi connectivity index (χ3n) is 3.00. The van der Waals surface area contributed by atoms with Crippen LogP contribution >= 0.6 is 0 Å². The fraction of sp³-hybridized carbons (Fsp3) is 0.667. The lowest BCUT2D eigenvalue weighted by Crippen LogP contribution is -2.31. The minimum absolute atomic E-state index is 0.295. The van der Waals surface area contributed by atoms with Crippen molar-refractivity contribution in [2.75, 3.05) is 13.2 Å². The minimum atomic E-state index is -0.680. The second kappa shape index (κ2) is 6.14. The molecule has 2 rings (SSSR count). The summed E-state index contributed by atoms with van der Waals surface area (Å²) >= 11 is 0. The number of aliphatic hydroxyl groups is 1. The van der Waals surface area contributed by atoms with Crippen molar-refractivity contribution in [3.8, 4) is 0 Å². The first-order chi connectivity index (χ1) is 9.11. The van der Waals surface area contributed by atoms with Crippen LogP contribution in [0, 0.1) is 0 Å². The molecule has 1 aromatic heterocycles. The summed E-state index contributed by atoms with van der Waals surface area (Å²) in [5.74, 6) is 0. The van der Waals surface area contributed by atoms with Crippen molar-refractivity contribution >= 4 is 0 Å². The van der Waals surface area contributed by atoms with E-state index < -0.39 is 29.7 Å². The molecule has 19 heavy (non-hydrogen) atoms. The van der Waals surface area contributed by atoms with Crippen LogP contribution in [0.4, 0.5) is 0 Å². The lowest BCUT2D eigenvalue weighted by atomic mass is 10.2. The van der Waals surface area contributed by atoms with E-state index in [4.69, 9.17) is 9.47 Å². The topological polar surface area (TPSA) is 93.5 Å². The molecule has 2 N–H and O–H groups in total. The highest BCUT2D eigenvalue weighted by Gasteiger charge is 2.35. The van der Waals surface area contributed by atoms with Crippen molar-refractivity contribution in [2.24, 2.45) is 0 Å². The fourth-order valence-electron chi connectivity index (χ4n) is 2.03. The molecule has 1 aliphatic rings. The molecule has 0 spiro atoms. The van der Waals surface area contributed by atoms with Gasteiger partial charge in [0, 0.05) is 25.3 Å². The molecule has 3 atom stereocenters. The summed E-state index contributed by atoms with van der Waals surface area (Å²) in [7, 11) is 0. The van der Waals surface area contributed by atoms with Crippen LogP contribution in [0.2, 0.25) is 0 Å². The molecule has 0 amide bonds. The number of hydrogen-bond donors (Lipinski definition) is 2. The standard InChI is InChI=1S/C12H18N2O5/c1-2-5-18-7-9-8(15)6-11(19-9)14-4-3-10(16)13-12(14)17/h3-4,8-9,11,15H,2,5-7H2,1H3,(H,13,16,17)/t8-,9+,11+/m0/s1. The fourth-order valence-corrected chi connectivity index (χ4v) is 2.03. The second-order valence-corrected chi connectivity index (χ2v) is 4.52. The van der Waals surface area contributed by atoms with E-state index in [1.165, 1.54) is 16.8 Å². The minimum Gasteiger partial charge on any atom is -0.390 e. The van der Waals surface area contributed by atoms with Gasteiger partial charge in [-0.15, -0.1) is 0 Å². The molecule has 0 bridgehead atoms. The number of nitrogens with one attached hydrogen (secondary N) is 1. The van der Waals surface area contributed by atoms with Crippen molar-refractivity contribution < 1.29 is 14.6 Å². The second-order valence-electron chi connectivity index (χ2n) is 4.52. The van der Waals surface area contributed by atoms with E-state index in [9.17, 15) is 14.7 Å². The predicted octanol–water partition coefficient (Wildman–Crippen LogP) is -0.388. The van der Waals surface area contributed by atoms with E-state index in [0.29, 0.717) is 19.6 Å². The van der Waals surface area contributed by atoms with E-state index in [0.717, 1.165) is 6.42 Å². The highest BCUT2D eigenvalue weighted by molar-refractivity contribution is 4.88. The number of hydrogen-bond acceptors (Lipinski definition) is 5. The first-order valence-electron chi connectivity index (χ1n) is 6.34. The third kappa shape index (κ3) is 3.31. The quantitative estimate of drug-likeness (QED) is 0.711. The Balaban J connectivity index is 2.03. The summed E-state index contributed by atoms with van der Waals surface area (Å²) in [6.07, 6.45) is 0.858. The van der Waals surface area contributed by atoms with E-state index in [1.54, 1.807) is 0 Å². The number of aromatic amines is 1. The van der Waals surface area contributed by atoms with Gasteiger partial charge in [-0.2, -0.15) is 0 Å². The molecule has 2 heterocycles. The predicted molar refractivity (Wildman–Crippen MR) is 67.0 cm³/mol. The summed E-state index contributed by atoms with van der Waals surface area (Å²) in [6, 6.07) is 1.25. The average molecular weight is 270 g/mol. The summed E-state index contributed by atoms with van der Waals surface area (Å²) in [4.78, 5) is 24.8. The van der Waals surface area contributed by atoms with E-state index in [2.05, 4.69) is 4.98 Å². The highest BCUT2D eigenvalue weighted by atomic mass is 16.6. The maximum Gasteiger partial charge on any atom is 0.330 e. The van der Waals surface area contributed by atoms with Gasteiger partial charge in [-0.1, -0.05) is 6.92 Å². The van der Waals surface area contributed by atoms with Crippen molar-refractivity contribution in [2.45, 2.75) is 38.2 Å². The Bertz CT molecular complexity index is 523. The summed E-state index contributed by atoms with van der Waals surface area (Å²) < 4.78 is 12.2. The van der Waals surface area contributed by atoms with Crippen LogP contribution < -0.4 is 11.2 Å². The number of ether oxygens (including phenoxy) is 2. The van der Waals surface area contributed by atoms with Crippen LogP contribution in [0.25, 0.3) is 0 Å². The number of aliphatic hydroxyl groups excluding tert-OH is 1. The van der Waals surface area contributed by atoms with Crippen molar-refractivity contribution in [1.29, 1.82) is 0 Å². The summed E-state index contributed by atoms with van der Waals surface area (Å²) in [5.41, 5.74) is -0.998. The van der Waals surface area contributed by atoms with Gasteiger partial charge < -0.3 is 14.6 Å². The Labute approximate surface area is 109 Å². The van der Waals surface area contributed by atoms with Crippen LogP contribution in [0.5, 0.6) is 0 Å². The van der Waals surface area contributed by atoms with Gasteiger partial charge in [-0.05, 0) is 6.42 Å². The van der Waals surface area contributed by atoms with E-state index >= 15 is 0 Å². The normalized spacial score (nSPS) is 26.7. The first kappa shape index (κ1) is 14.0. The zero-order chi connectivity index (χ0) is 13.8. The molecule has 0 saturated carbocycles. The zero-order valence-electron chi connectivity index (χ0n) is 10.7. The highest BCUT2D eigenvalue weighted by Crippen LogP contribution is 2.27. The van der Waals surface area contributed by atoms with Crippen LogP contribution in [-0.2, 0) is 9.47 Å². The van der Waals surface area contributed by atoms with Gasteiger partial charge in [-0.25, -0.2) is 4.79 Å². The average Bonchev–Trinajstić information content (AvgIpc) is 2.71. The first-order valence-corrected chi connectivity index (χ1v) is 6.34. The van der Waals surface area contributed by atoms with Crippen LogP contribution in [0.3, 0.4) is 0 Å². The van der Waals surface area contributed by atoms with Crippen LogP contribution in [0.1, 0.15) is 26.0 Å². The largest absolute Gasteiger partial charge is 0.390 e. The molecular formula is C12H18N2O5. The molecule has 0 unspecified atom stereocenters. The smallest absolute Gasteiger partial charge is 0.330 e. The molecule has 1 saturated heterocycles. The number of nitrogens with zero attached hydrogens (tertiary/aromatic N) is 1. The molecule has 1 aromatic rings. The molecule has 7 nitrogen and oxygen atoms in total. The Morgan fingerprint density at radius 1 is 1.58 bits per heavy atom. The van der Waals surface area contributed by atoms with Gasteiger partial charge >= 0.3 is 5.69 Å². The number of aromatic nitrogens is 2. The summed E-state index contributed by atoms with van der Waals surface area (Å²) in [5, 5.41) is 9.87. The lowest BCUT2D eigenvalue weighted by Gasteiger charge is -2.15. The molecular weight excluding hydrogens is 252 g/mol. The van der Waals surface area contributed by atoms with Crippen molar-refractivity contribution in [3.63, 3.8) is 0 Å². The monoisotopic (exact) mass is 270 g/mol. The number of H-pyrrole nitrogens is 1. The summed E-state index contributed by atoms with van der Waals surface area (Å²) in [6.45, 7) is 2.90. The zero-order valence-corrected chi connectivity index (χ0v) is 10.7. The molecule has 0 aromatic carbocycles. The van der Waals surface area contributed by atoms with Gasteiger partial charge in [0.2, 0.25) is 0 Å². The third-order valence-corrected chi connectivity index (χ3v) is 3.00.